The van der Waals surface area contributed by atoms with Crippen LogP contribution in [0.1, 0.15) is 51.4 Å². The van der Waals surface area contributed by atoms with Crippen LogP contribution in [0.4, 0.5) is 0 Å². The lowest BCUT2D eigenvalue weighted by atomic mass is 9.94. The zero-order chi connectivity index (χ0) is 17.6. The summed E-state index contributed by atoms with van der Waals surface area (Å²) in [5.74, 6) is 0.506. The van der Waals surface area contributed by atoms with Gasteiger partial charge in [-0.1, -0.05) is 19.3 Å². The molecule has 158 valence electrons. The number of nitrogens with one attached hydrogen (secondary N) is 1. The smallest absolute Gasteiger partial charge is 0.236 e. The molecule has 2 amide bonds. The van der Waals surface area contributed by atoms with E-state index in [4.69, 9.17) is 0 Å². The summed E-state index contributed by atoms with van der Waals surface area (Å²) in [6, 6.07) is 0.805. The third kappa shape index (κ3) is 7.08. The second kappa shape index (κ2) is 12.1. The molecule has 0 aromatic carbocycles. The van der Waals surface area contributed by atoms with Gasteiger partial charge in [0.25, 0.3) is 0 Å². The molecular formula is C19H36Cl2N4O2. The lowest BCUT2D eigenvalue weighted by Gasteiger charge is -2.37. The minimum atomic E-state index is 0. The van der Waals surface area contributed by atoms with Crippen molar-refractivity contribution in [1.82, 2.24) is 20.0 Å². The minimum absolute atomic E-state index is 0. The predicted octanol–water partition coefficient (Wildman–Crippen LogP) is 1.91. The second-order valence-corrected chi connectivity index (χ2v) is 7.95. The predicted molar refractivity (Wildman–Crippen MR) is 113 cm³/mol. The van der Waals surface area contributed by atoms with Crippen molar-refractivity contribution in [3.63, 3.8) is 0 Å². The number of hydrogen-bond donors (Lipinski definition) is 1. The Morgan fingerprint density at radius 1 is 0.963 bits per heavy atom. The molecule has 3 aliphatic rings. The van der Waals surface area contributed by atoms with Crippen molar-refractivity contribution in [1.29, 1.82) is 0 Å². The van der Waals surface area contributed by atoms with Crippen molar-refractivity contribution < 1.29 is 9.59 Å². The largest absolute Gasteiger partial charge is 0.342 e. The molecule has 2 heterocycles. The van der Waals surface area contributed by atoms with E-state index >= 15 is 0 Å². The highest BCUT2D eigenvalue weighted by molar-refractivity contribution is 5.85. The summed E-state index contributed by atoms with van der Waals surface area (Å²) in [7, 11) is 1.96. The molecule has 0 aromatic rings. The summed E-state index contributed by atoms with van der Waals surface area (Å²) in [5.41, 5.74) is 0. The Kier molecular flexibility index (Phi) is 11.0. The Hall–Kier alpha value is -0.560. The molecular weight excluding hydrogens is 387 g/mol. The van der Waals surface area contributed by atoms with Gasteiger partial charge in [-0.25, -0.2) is 0 Å². The molecule has 6 nitrogen and oxygen atoms in total. The zero-order valence-electron chi connectivity index (χ0n) is 16.5. The summed E-state index contributed by atoms with van der Waals surface area (Å²) in [4.78, 5) is 31.1. The Labute approximate surface area is 176 Å². The number of carbonyl (C=O) groups is 2. The van der Waals surface area contributed by atoms with Gasteiger partial charge in [-0.2, -0.15) is 0 Å². The minimum Gasteiger partial charge on any atom is -0.342 e. The molecule has 0 radical (unpaired) electrons. The van der Waals surface area contributed by atoms with Crippen molar-refractivity contribution >= 4 is 36.6 Å². The van der Waals surface area contributed by atoms with E-state index in [0.29, 0.717) is 25.0 Å². The molecule has 1 aliphatic carbocycles. The summed E-state index contributed by atoms with van der Waals surface area (Å²) < 4.78 is 0. The number of carbonyl (C=O) groups excluding carboxylic acids is 2. The van der Waals surface area contributed by atoms with Crippen LogP contribution in [0.5, 0.6) is 0 Å². The number of hydrogen-bond acceptors (Lipinski definition) is 4. The normalized spacial score (nSPS) is 24.0. The third-order valence-corrected chi connectivity index (χ3v) is 6.18. The van der Waals surface area contributed by atoms with Crippen molar-refractivity contribution in [2.45, 2.75) is 63.5 Å². The number of rotatable bonds is 5. The van der Waals surface area contributed by atoms with Crippen molar-refractivity contribution in [3.8, 4) is 0 Å². The lowest BCUT2D eigenvalue weighted by Crippen LogP contribution is -2.52. The maximum atomic E-state index is 12.6. The first-order chi connectivity index (χ1) is 12.1. The Balaban J connectivity index is 0.00000182. The maximum Gasteiger partial charge on any atom is 0.236 e. The topological polar surface area (TPSA) is 55.9 Å². The van der Waals surface area contributed by atoms with E-state index in [-0.39, 0.29) is 36.6 Å². The first kappa shape index (κ1) is 24.5. The molecule has 0 spiro atoms. The van der Waals surface area contributed by atoms with E-state index in [9.17, 15) is 9.59 Å². The second-order valence-electron chi connectivity index (χ2n) is 7.95. The number of amides is 2. The molecule has 1 unspecified atom stereocenters. The fraction of sp³-hybridized carbons (Fsp3) is 0.895. The maximum absolute atomic E-state index is 12.6. The zero-order valence-corrected chi connectivity index (χ0v) is 18.2. The van der Waals surface area contributed by atoms with Gasteiger partial charge in [-0.3, -0.25) is 14.5 Å². The van der Waals surface area contributed by atoms with Gasteiger partial charge in [-0.05, 0) is 32.2 Å². The summed E-state index contributed by atoms with van der Waals surface area (Å²) in [6.07, 6.45) is 9.04. The van der Waals surface area contributed by atoms with Gasteiger partial charge in [0, 0.05) is 51.7 Å². The number of halogens is 2. The van der Waals surface area contributed by atoms with Crippen molar-refractivity contribution in [2.24, 2.45) is 0 Å². The number of nitrogens with zero attached hydrogens (tertiary/aromatic N) is 3. The van der Waals surface area contributed by atoms with Crippen LogP contribution in [0.3, 0.4) is 0 Å². The fourth-order valence-electron chi connectivity index (χ4n) is 4.40. The Morgan fingerprint density at radius 2 is 1.63 bits per heavy atom. The van der Waals surface area contributed by atoms with Gasteiger partial charge in [0.15, 0.2) is 0 Å². The molecule has 3 fully saturated rings. The lowest BCUT2D eigenvalue weighted by molar-refractivity contribution is -0.136. The van der Waals surface area contributed by atoms with Crippen LogP contribution in [0.2, 0.25) is 0 Å². The van der Waals surface area contributed by atoms with Crippen molar-refractivity contribution in [2.75, 3.05) is 46.3 Å². The van der Waals surface area contributed by atoms with Crippen LogP contribution >= 0.6 is 24.8 Å². The first-order valence-corrected chi connectivity index (χ1v) is 10.1. The fourth-order valence-corrected chi connectivity index (χ4v) is 4.40. The molecule has 8 heteroatoms. The van der Waals surface area contributed by atoms with E-state index in [1.807, 2.05) is 16.8 Å². The first-order valence-electron chi connectivity index (χ1n) is 10.1. The molecule has 27 heavy (non-hydrogen) atoms. The summed E-state index contributed by atoms with van der Waals surface area (Å²) in [5, 5.41) is 3.40. The van der Waals surface area contributed by atoms with Gasteiger partial charge in [-0.15, -0.1) is 24.8 Å². The highest BCUT2D eigenvalue weighted by Crippen LogP contribution is 2.21. The molecule has 1 N–H and O–H groups in total. The average Bonchev–Trinajstić information content (AvgIpc) is 3.15. The highest BCUT2D eigenvalue weighted by Gasteiger charge is 2.27. The standard InChI is InChI=1S/C19H34N4O2.2ClH/c1-21(17-7-3-2-4-8-17)19(25)15-22-10-12-23(13-11-22)18(24)14-16-6-5-9-20-16;;/h16-17,20H,2-15H2,1H3;2*1H. The van der Waals surface area contributed by atoms with Gasteiger partial charge in [0.2, 0.25) is 11.8 Å². The van der Waals surface area contributed by atoms with Gasteiger partial charge in [0.1, 0.15) is 0 Å². The SMILES string of the molecule is CN(C(=O)CN1CCN(C(=O)CC2CCCN2)CC1)C1CCCCC1.Cl.Cl. The van der Waals surface area contributed by atoms with Gasteiger partial charge < -0.3 is 15.1 Å². The molecule has 2 aliphatic heterocycles. The molecule has 0 aromatic heterocycles. The van der Waals surface area contributed by atoms with Crippen LogP contribution in [-0.4, -0.2) is 84.9 Å². The van der Waals surface area contributed by atoms with Crippen LogP contribution < -0.4 is 5.32 Å². The van der Waals surface area contributed by atoms with E-state index in [0.717, 1.165) is 52.0 Å². The van der Waals surface area contributed by atoms with E-state index in [1.54, 1.807) is 0 Å². The van der Waals surface area contributed by atoms with Gasteiger partial charge >= 0.3 is 0 Å². The highest BCUT2D eigenvalue weighted by atomic mass is 35.5. The molecule has 3 rings (SSSR count). The van der Waals surface area contributed by atoms with E-state index in [2.05, 4.69) is 10.2 Å². The molecule has 0 bridgehead atoms. The van der Waals surface area contributed by atoms with Crippen LogP contribution in [0, 0.1) is 0 Å². The number of piperazine rings is 1. The van der Waals surface area contributed by atoms with E-state index in [1.165, 1.54) is 25.7 Å². The third-order valence-electron chi connectivity index (χ3n) is 6.18. The van der Waals surface area contributed by atoms with E-state index < -0.39 is 0 Å². The van der Waals surface area contributed by atoms with Crippen LogP contribution in [0.25, 0.3) is 0 Å². The quantitative estimate of drug-likeness (QED) is 0.734. The van der Waals surface area contributed by atoms with Gasteiger partial charge in [0.05, 0.1) is 6.54 Å². The molecule has 1 saturated carbocycles. The molecule has 2 saturated heterocycles. The Morgan fingerprint density at radius 3 is 2.22 bits per heavy atom. The van der Waals surface area contributed by atoms with Crippen LogP contribution in [0.15, 0.2) is 0 Å². The van der Waals surface area contributed by atoms with Crippen LogP contribution in [-0.2, 0) is 9.59 Å². The Bertz CT molecular complexity index is 461. The molecule has 1 atom stereocenters. The number of likely N-dealkylation sites (N-methyl/N-ethyl adjacent to an activating group) is 1. The monoisotopic (exact) mass is 422 g/mol. The van der Waals surface area contributed by atoms with Crippen molar-refractivity contribution in [3.05, 3.63) is 0 Å². The average molecular weight is 423 g/mol. The summed E-state index contributed by atoms with van der Waals surface area (Å²) in [6.45, 7) is 4.68. The summed E-state index contributed by atoms with van der Waals surface area (Å²) >= 11 is 0.